The predicted molar refractivity (Wildman–Crippen MR) is 117 cm³/mol. The van der Waals surface area contributed by atoms with Gasteiger partial charge in [0.15, 0.2) is 6.61 Å². The number of carbonyl (C=O) groups is 1. The summed E-state index contributed by atoms with van der Waals surface area (Å²) in [6.07, 6.45) is 1.13. The Hall–Kier alpha value is -3.52. The number of para-hydroxylation sites is 1. The van der Waals surface area contributed by atoms with Crippen LogP contribution in [0.4, 0.5) is 11.4 Å². The molecular weight excluding hydrogens is 404 g/mol. The summed E-state index contributed by atoms with van der Waals surface area (Å²) in [4.78, 5) is 12.1. The second kappa shape index (κ2) is 9.32. The summed E-state index contributed by atoms with van der Waals surface area (Å²) in [5.74, 6) is 1.54. The molecule has 3 aromatic rings. The van der Waals surface area contributed by atoms with E-state index in [2.05, 4.69) is 5.32 Å². The van der Waals surface area contributed by atoms with Crippen molar-refractivity contribution in [3.63, 3.8) is 0 Å². The van der Waals surface area contributed by atoms with Crippen molar-refractivity contribution in [1.82, 2.24) is 0 Å². The van der Waals surface area contributed by atoms with E-state index >= 15 is 0 Å². The Morgan fingerprint density at radius 1 is 0.867 bits per heavy atom. The van der Waals surface area contributed by atoms with Crippen molar-refractivity contribution in [2.75, 3.05) is 29.5 Å². The van der Waals surface area contributed by atoms with Gasteiger partial charge in [-0.2, -0.15) is 0 Å². The van der Waals surface area contributed by atoms with E-state index in [4.69, 9.17) is 9.47 Å². The number of nitrogens with one attached hydrogen (secondary N) is 1. The van der Waals surface area contributed by atoms with Gasteiger partial charge in [0, 0.05) is 12.7 Å². The Balaban J connectivity index is 1.50. The molecule has 0 unspecified atom stereocenters. The molecule has 1 N–H and O–H groups in total. The average molecular weight is 426 g/mol. The van der Waals surface area contributed by atoms with Crippen molar-refractivity contribution in [3.8, 4) is 17.2 Å². The van der Waals surface area contributed by atoms with Gasteiger partial charge >= 0.3 is 0 Å². The molecule has 0 aliphatic carbocycles. The van der Waals surface area contributed by atoms with Crippen LogP contribution >= 0.6 is 0 Å². The molecule has 7 nitrogen and oxygen atoms in total. The Morgan fingerprint density at radius 3 is 2.03 bits per heavy atom. The van der Waals surface area contributed by atoms with Gasteiger partial charge in [0.05, 0.1) is 11.9 Å². The lowest BCUT2D eigenvalue weighted by Gasteiger charge is -2.16. The molecule has 0 bridgehead atoms. The molecule has 0 saturated carbocycles. The molecule has 0 radical (unpaired) electrons. The van der Waals surface area contributed by atoms with Gasteiger partial charge in [-0.15, -0.1) is 0 Å². The Kier molecular flexibility index (Phi) is 6.58. The molecule has 30 heavy (non-hydrogen) atoms. The molecule has 156 valence electrons. The Bertz CT molecular complexity index is 1080. The summed E-state index contributed by atoms with van der Waals surface area (Å²) in [6.45, 7) is -0.177. The smallest absolute Gasteiger partial charge is 0.262 e. The third kappa shape index (κ3) is 5.99. The van der Waals surface area contributed by atoms with E-state index in [0.717, 1.165) is 16.3 Å². The van der Waals surface area contributed by atoms with Gasteiger partial charge < -0.3 is 14.8 Å². The minimum Gasteiger partial charge on any atom is -0.484 e. The number of rotatable bonds is 8. The summed E-state index contributed by atoms with van der Waals surface area (Å²) >= 11 is 0. The zero-order valence-electron chi connectivity index (χ0n) is 16.6. The quantitative estimate of drug-likeness (QED) is 0.591. The number of benzene rings is 3. The standard InChI is InChI=1S/C22H22N2O5S/c1-24(30(2,26)27)18-10-14-19(15-11-18)28-16-22(25)23-17-8-12-21(13-9-17)29-20-6-4-3-5-7-20/h3-15H,16H2,1-2H3,(H,23,25). The van der Waals surface area contributed by atoms with E-state index in [1.54, 1.807) is 48.5 Å². The van der Waals surface area contributed by atoms with E-state index in [-0.39, 0.29) is 12.5 Å². The summed E-state index contributed by atoms with van der Waals surface area (Å²) in [5, 5.41) is 2.75. The average Bonchev–Trinajstić information content (AvgIpc) is 2.74. The summed E-state index contributed by atoms with van der Waals surface area (Å²) in [7, 11) is -1.86. The normalized spacial score (nSPS) is 10.9. The minimum absolute atomic E-state index is 0.177. The maximum Gasteiger partial charge on any atom is 0.262 e. The maximum absolute atomic E-state index is 12.1. The molecule has 3 rings (SSSR count). The number of hydrogen-bond donors (Lipinski definition) is 1. The molecular formula is C22H22N2O5S. The van der Waals surface area contributed by atoms with Crippen molar-refractivity contribution in [1.29, 1.82) is 0 Å². The fourth-order valence-electron chi connectivity index (χ4n) is 2.52. The summed E-state index contributed by atoms with van der Waals surface area (Å²) < 4.78 is 35.4. The van der Waals surface area contributed by atoms with Gasteiger partial charge in [-0.3, -0.25) is 9.10 Å². The van der Waals surface area contributed by atoms with E-state index in [1.807, 2.05) is 30.3 Å². The van der Waals surface area contributed by atoms with Crippen LogP contribution in [0.3, 0.4) is 0 Å². The number of sulfonamides is 1. The Labute approximate surface area is 175 Å². The Morgan fingerprint density at radius 2 is 1.43 bits per heavy atom. The van der Waals surface area contributed by atoms with E-state index in [9.17, 15) is 13.2 Å². The first-order valence-electron chi connectivity index (χ1n) is 9.11. The van der Waals surface area contributed by atoms with Gasteiger partial charge in [-0.25, -0.2) is 8.42 Å². The van der Waals surface area contributed by atoms with Gasteiger partial charge in [0.2, 0.25) is 10.0 Å². The maximum atomic E-state index is 12.1. The third-order valence-corrected chi connectivity index (χ3v) is 5.39. The van der Waals surface area contributed by atoms with Crippen molar-refractivity contribution < 1.29 is 22.7 Å². The highest BCUT2D eigenvalue weighted by atomic mass is 32.2. The highest BCUT2D eigenvalue weighted by molar-refractivity contribution is 7.92. The van der Waals surface area contributed by atoms with E-state index in [0.29, 0.717) is 22.9 Å². The van der Waals surface area contributed by atoms with Crippen LogP contribution in [0.2, 0.25) is 0 Å². The number of nitrogens with zero attached hydrogens (tertiary/aromatic N) is 1. The second-order valence-electron chi connectivity index (χ2n) is 6.50. The van der Waals surface area contributed by atoms with E-state index in [1.165, 1.54) is 7.05 Å². The van der Waals surface area contributed by atoms with E-state index < -0.39 is 10.0 Å². The van der Waals surface area contributed by atoms with Crippen LogP contribution in [0.25, 0.3) is 0 Å². The molecule has 0 aromatic heterocycles. The van der Waals surface area contributed by atoms with Crippen molar-refractivity contribution >= 4 is 27.3 Å². The van der Waals surface area contributed by atoms with Gasteiger partial charge in [0.25, 0.3) is 5.91 Å². The first-order chi connectivity index (χ1) is 14.3. The van der Waals surface area contributed by atoms with Crippen LogP contribution in [-0.2, 0) is 14.8 Å². The topological polar surface area (TPSA) is 84.9 Å². The molecule has 0 aliphatic rings. The fourth-order valence-corrected chi connectivity index (χ4v) is 3.03. The highest BCUT2D eigenvalue weighted by Crippen LogP contribution is 2.23. The number of anilines is 2. The molecule has 3 aromatic carbocycles. The summed E-state index contributed by atoms with van der Waals surface area (Å²) in [6, 6.07) is 22.9. The largest absolute Gasteiger partial charge is 0.484 e. The summed E-state index contributed by atoms with van der Waals surface area (Å²) in [5.41, 5.74) is 1.13. The molecule has 1 amide bonds. The SMILES string of the molecule is CN(c1ccc(OCC(=O)Nc2ccc(Oc3ccccc3)cc2)cc1)S(C)(=O)=O. The van der Waals surface area contributed by atoms with Gasteiger partial charge in [-0.05, 0) is 60.7 Å². The van der Waals surface area contributed by atoms with Crippen LogP contribution < -0.4 is 19.1 Å². The zero-order valence-corrected chi connectivity index (χ0v) is 17.4. The van der Waals surface area contributed by atoms with Crippen molar-refractivity contribution in [2.24, 2.45) is 0 Å². The number of carbonyl (C=O) groups excluding carboxylic acids is 1. The zero-order chi connectivity index (χ0) is 21.6. The lowest BCUT2D eigenvalue weighted by molar-refractivity contribution is -0.118. The molecule has 0 heterocycles. The molecule has 0 atom stereocenters. The first kappa shape index (κ1) is 21.2. The second-order valence-corrected chi connectivity index (χ2v) is 8.51. The van der Waals surface area contributed by atoms with Crippen LogP contribution in [-0.4, -0.2) is 34.2 Å². The number of ether oxygens (including phenoxy) is 2. The molecule has 8 heteroatoms. The molecule has 0 saturated heterocycles. The van der Waals surface area contributed by atoms with Crippen molar-refractivity contribution in [2.45, 2.75) is 0 Å². The van der Waals surface area contributed by atoms with Crippen LogP contribution in [0.5, 0.6) is 17.2 Å². The number of amides is 1. The monoisotopic (exact) mass is 426 g/mol. The highest BCUT2D eigenvalue weighted by Gasteiger charge is 2.12. The van der Waals surface area contributed by atoms with Gasteiger partial charge in [-0.1, -0.05) is 18.2 Å². The minimum atomic E-state index is -3.33. The lowest BCUT2D eigenvalue weighted by Crippen LogP contribution is -2.24. The fraction of sp³-hybridized carbons (Fsp3) is 0.136. The van der Waals surface area contributed by atoms with Crippen molar-refractivity contribution in [3.05, 3.63) is 78.9 Å². The van der Waals surface area contributed by atoms with Crippen LogP contribution in [0.15, 0.2) is 78.9 Å². The predicted octanol–water partition coefficient (Wildman–Crippen LogP) is 3.89. The lowest BCUT2D eigenvalue weighted by atomic mass is 10.3. The number of hydrogen-bond acceptors (Lipinski definition) is 5. The third-order valence-electron chi connectivity index (χ3n) is 4.18. The van der Waals surface area contributed by atoms with Gasteiger partial charge in [0.1, 0.15) is 17.2 Å². The molecule has 0 aliphatic heterocycles. The first-order valence-corrected chi connectivity index (χ1v) is 11.0. The van der Waals surface area contributed by atoms with Crippen LogP contribution in [0.1, 0.15) is 0 Å². The molecule has 0 spiro atoms. The molecule has 0 fully saturated rings. The van der Waals surface area contributed by atoms with Crippen LogP contribution in [0, 0.1) is 0 Å².